The highest BCUT2D eigenvalue weighted by Crippen LogP contribution is 2.29. The van der Waals surface area contributed by atoms with E-state index in [0.717, 1.165) is 0 Å². The molecule has 1 N–H and O–H groups in total. The molecule has 0 bridgehead atoms. The summed E-state index contributed by atoms with van der Waals surface area (Å²) in [6.45, 7) is 1.75. The van der Waals surface area contributed by atoms with Gasteiger partial charge in [-0.25, -0.2) is 4.68 Å². The summed E-state index contributed by atoms with van der Waals surface area (Å²) in [6, 6.07) is 4.47. The predicted molar refractivity (Wildman–Crippen MR) is 76.6 cm³/mol. The van der Waals surface area contributed by atoms with Crippen molar-refractivity contribution >= 4 is 17.3 Å². The van der Waals surface area contributed by atoms with Crippen LogP contribution in [0.4, 0.5) is 5.69 Å². The summed E-state index contributed by atoms with van der Waals surface area (Å²) in [5.74, 6) is 0. The van der Waals surface area contributed by atoms with Gasteiger partial charge in [-0.05, 0) is 6.07 Å². The molecule has 0 radical (unpaired) electrons. The minimum Gasteiger partial charge on any atom is -0.383 e. The Balaban J connectivity index is 2.20. The van der Waals surface area contributed by atoms with E-state index in [1.807, 2.05) is 0 Å². The van der Waals surface area contributed by atoms with Crippen molar-refractivity contribution in [1.29, 1.82) is 0 Å². The highest BCUT2D eigenvalue weighted by Gasteiger charge is 2.19. The first kappa shape index (κ1) is 15.4. The summed E-state index contributed by atoms with van der Waals surface area (Å²) < 4.78 is 6.23. The number of nitrogens with one attached hydrogen (secondary N) is 1. The number of benzene rings is 1. The molecule has 21 heavy (non-hydrogen) atoms. The van der Waals surface area contributed by atoms with Crippen LogP contribution in [0, 0.1) is 10.1 Å². The van der Waals surface area contributed by atoms with E-state index in [2.05, 4.69) is 15.6 Å². The number of methoxy groups -OCH3 is 1. The van der Waals surface area contributed by atoms with E-state index in [1.165, 1.54) is 16.8 Å². The van der Waals surface area contributed by atoms with Crippen LogP contribution in [0.5, 0.6) is 0 Å². The summed E-state index contributed by atoms with van der Waals surface area (Å²) in [6.07, 6.45) is 1.61. The number of aromatic nitrogens is 3. The molecule has 2 rings (SSSR count). The van der Waals surface area contributed by atoms with Gasteiger partial charge >= 0.3 is 0 Å². The van der Waals surface area contributed by atoms with Crippen LogP contribution in [0.3, 0.4) is 0 Å². The molecule has 0 unspecified atom stereocenters. The first-order chi connectivity index (χ1) is 10.1. The van der Waals surface area contributed by atoms with Crippen LogP contribution in [-0.2, 0) is 11.3 Å². The molecule has 0 aliphatic carbocycles. The zero-order valence-electron chi connectivity index (χ0n) is 11.3. The second-order valence-corrected chi connectivity index (χ2v) is 4.60. The molecule has 0 atom stereocenters. The van der Waals surface area contributed by atoms with Gasteiger partial charge < -0.3 is 10.1 Å². The first-order valence-corrected chi connectivity index (χ1v) is 6.55. The van der Waals surface area contributed by atoms with E-state index in [1.54, 1.807) is 19.4 Å². The summed E-state index contributed by atoms with van der Waals surface area (Å²) in [5, 5.41) is 22.3. The Labute approximate surface area is 125 Å². The fourth-order valence-electron chi connectivity index (χ4n) is 1.76. The van der Waals surface area contributed by atoms with Gasteiger partial charge in [-0.1, -0.05) is 22.9 Å². The SMILES string of the molecule is COCCNCc1cn(-c2c(Cl)cccc2[N+](=O)[O-])nn1. The Morgan fingerprint density at radius 1 is 1.52 bits per heavy atom. The maximum Gasteiger partial charge on any atom is 0.296 e. The van der Waals surface area contributed by atoms with Gasteiger partial charge in [0.1, 0.15) is 0 Å². The Morgan fingerprint density at radius 3 is 3.05 bits per heavy atom. The monoisotopic (exact) mass is 311 g/mol. The second kappa shape index (κ2) is 7.11. The molecule has 0 saturated carbocycles. The van der Waals surface area contributed by atoms with Gasteiger partial charge in [-0.15, -0.1) is 5.10 Å². The molecule has 1 aromatic carbocycles. The van der Waals surface area contributed by atoms with Crippen molar-refractivity contribution in [3.05, 3.63) is 45.2 Å². The molecule has 8 nitrogen and oxygen atoms in total. The fraction of sp³-hybridized carbons (Fsp3) is 0.333. The van der Waals surface area contributed by atoms with Crippen LogP contribution in [-0.4, -0.2) is 40.2 Å². The molecule has 0 saturated heterocycles. The highest BCUT2D eigenvalue weighted by molar-refractivity contribution is 6.32. The van der Waals surface area contributed by atoms with Crippen LogP contribution in [0.2, 0.25) is 5.02 Å². The number of nitro groups is 1. The van der Waals surface area contributed by atoms with E-state index < -0.39 is 4.92 Å². The molecule has 112 valence electrons. The molecule has 0 spiro atoms. The fourth-order valence-corrected chi connectivity index (χ4v) is 2.01. The molecule has 0 amide bonds. The molecular formula is C12H14ClN5O3. The van der Waals surface area contributed by atoms with Gasteiger partial charge in [0.25, 0.3) is 5.69 Å². The van der Waals surface area contributed by atoms with Crippen molar-refractivity contribution < 1.29 is 9.66 Å². The molecule has 0 aliphatic heterocycles. The van der Waals surface area contributed by atoms with Gasteiger partial charge in [0, 0.05) is 26.3 Å². The van der Waals surface area contributed by atoms with Crippen LogP contribution >= 0.6 is 11.6 Å². The van der Waals surface area contributed by atoms with E-state index in [-0.39, 0.29) is 16.4 Å². The first-order valence-electron chi connectivity index (χ1n) is 6.17. The number of nitro benzene ring substituents is 1. The van der Waals surface area contributed by atoms with Crippen molar-refractivity contribution in [2.75, 3.05) is 20.3 Å². The van der Waals surface area contributed by atoms with Crippen LogP contribution in [0.1, 0.15) is 5.69 Å². The maximum absolute atomic E-state index is 11.1. The normalized spacial score (nSPS) is 10.8. The number of nitrogens with zero attached hydrogens (tertiary/aromatic N) is 4. The lowest BCUT2D eigenvalue weighted by Crippen LogP contribution is -2.18. The van der Waals surface area contributed by atoms with Crippen molar-refractivity contribution in [2.45, 2.75) is 6.54 Å². The summed E-state index contributed by atoms with van der Waals surface area (Å²) in [5.41, 5.74) is 0.742. The standard InChI is InChI=1S/C12H14ClN5O3/c1-21-6-5-14-7-9-8-17(16-15-9)12-10(13)3-2-4-11(12)18(19)20/h2-4,8,14H,5-7H2,1H3. The molecule has 1 aromatic heterocycles. The number of halogens is 1. The van der Waals surface area contributed by atoms with Gasteiger partial charge in [-0.2, -0.15) is 0 Å². The molecule has 9 heteroatoms. The Morgan fingerprint density at radius 2 is 2.33 bits per heavy atom. The summed E-state index contributed by atoms with van der Waals surface area (Å²) in [4.78, 5) is 10.6. The van der Waals surface area contributed by atoms with E-state index in [4.69, 9.17) is 16.3 Å². The molecule has 2 aromatic rings. The van der Waals surface area contributed by atoms with Crippen LogP contribution < -0.4 is 5.32 Å². The number of rotatable bonds is 7. The number of hydrogen-bond donors (Lipinski definition) is 1. The molecule has 1 heterocycles. The number of ether oxygens (including phenoxy) is 1. The lowest BCUT2D eigenvalue weighted by molar-refractivity contribution is -0.384. The lowest BCUT2D eigenvalue weighted by Gasteiger charge is -2.04. The van der Waals surface area contributed by atoms with Gasteiger partial charge in [-0.3, -0.25) is 10.1 Å². The van der Waals surface area contributed by atoms with Gasteiger partial charge in [0.15, 0.2) is 5.69 Å². The second-order valence-electron chi connectivity index (χ2n) is 4.19. The lowest BCUT2D eigenvalue weighted by atomic mass is 10.2. The largest absolute Gasteiger partial charge is 0.383 e. The third-order valence-corrected chi connectivity index (χ3v) is 3.03. The van der Waals surface area contributed by atoms with Crippen LogP contribution in [0.15, 0.2) is 24.4 Å². The number of para-hydroxylation sites is 1. The maximum atomic E-state index is 11.1. The molecular weight excluding hydrogens is 298 g/mol. The zero-order chi connectivity index (χ0) is 15.2. The highest BCUT2D eigenvalue weighted by atomic mass is 35.5. The predicted octanol–water partition coefficient (Wildman–Crippen LogP) is 1.56. The Kier molecular flexibility index (Phi) is 5.20. The smallest absolute Gasteiger partial charge is 0.296 e. The number of hydrogen-bond acceptors (Lipinski definition) is 6. The van der Waals surface area contributed by atoms with E-state index >= 15 is 0 Å². The third kappa shape index (κ3) is 3.75. The van der Waals surface area contributed by atoms with Crippen molar-refractivity contribution in [2.24, 2.45) is 0 Å². The van der Waals surface area contributed by atoms with E-state index in [0.29, 0.717) is 25.4 Å². The minimum atomic E-state index is -0.501. The van der Waals surface area contributed by atoms with Crippen molar-refractivity contribution in [3.8, 4) is 5.69 Å². The minimum absolute atomic E-state index is 0.119. The average molecular weight is 312 g/mol. The van der Waals surface area contributed by atoms with Crippen molar-refractivity contribution in [1.82, 2.24) is 20.3 Å². The average Bonchev–Trinajstić information content (AvgIpc) is 2.91. The quantitative estimate of drug-likeness (QED) is 0.474. The Bertz CT molecular complexity index is 631. The summed E-state index contributed by atoms with van der Waals surface area (Å²) >= 11 is 6.04. The van der Waals surface area contributed by atoms with Crippen LogP contribution in [0.25, 0.3) is 5.69 Å². The zero-order valence-corrected chi connectivity index (χ0v) is 12.1. The Hall–Kier alpha value is -2.03. The van der Waals surface area contributed by atoms with Gasteiger partial charge in [0.05, 0.1) is 28.4 Å². The summed E-state index contributed by atoms with van der Waals surface area (Å²) in [7, 11) is 1.62. The third-order valence-electron chi connectivity index (χ3n) is 2.72. The van der Waals surface area contributed by atoms with Crippen molar-refractivity contribution in [3.63, 3.8) is 0 Å². The molecule has 0 fully saturated rings. The van der Waals surface area contributed by atoms with Gasteiger partial charge in [0.2, 0.25) is 0 Å². The molecule has 0 aliphatic rings. The van der Waals surface area contributed by atoms with E-state index in [9.17, 15) is 10.1 Å². The topological polar surface area (TPSA) is 95.1 Å².